The van der Waals surface area contributed by atoms with Crippen molar-refractivity contribution < 1.29 is 19.1 Å². The lowest BCUT2D eigenvalue weighted by atomic mass is 10.1. The zero-order valence-corrected chi connectivity index (χ0v) is 16.0. The molecule has 0 unspecified atom stereocenters. The Morgan fingerprint density at radius 1 is 1.07 bits per heavy atom. The van der Waals surface area contributed by atoms with Gasteiger partial charge in [0.25, 0.3) is 0 Å². The van der Waals surface area contributed by atoms with Gasteiger partial charge < -0.3 is 19.7 Å². The van der Waals surface area contributed by atoms with Crippen LogP contribution in [0.25, 0.3) is 6.08 Å². The third-order valence-corrected chi connectivity index (χ3v) is 3.93. The number of nitrogens with one attached hydrogen (secondary N) is 1. The van der Waals surface area contributed by atoms with Crippen molar-refractivity contribution in [1.82, 2.24) is 4.90 Å². The maximum atomic E-state index is 12.3. The van der Waals surface area contributed by atoms with Crippen LogP contribution in [0.1, 0.15) is 11.1 Å². The van der Waals surface area contributed by atoms with Crippen LogP contribution in [-0.4, -0.2) is 44.5 Å². The fraction of sp³-hybridized carbons (Fsp3) is 0.238. The van der Waals surface area contributed by atoms with Gasteiger partial charge in [-0.15, -0.1) is 0 Å². The Kier molecular flexibility index (Phi) is 7.00. The van der Waals surface area contributed by atoms with Gasteiger partial charge in [0.1, 0.15) is 11.5 Å². The number of ether oxygens (including phenoxy) is 2. The van der Waals surface area contributed by atoms with E-state index in [2.05, 4.69) is 5.32 Å². The van der Waals surface area contributed by atoms with E-state index in [0.717, 1.165) is 5.56 Å². The predicted octanol–water partition coefficient (Wildman–Crippen LogP) is 3.12. The third kappa shape index (κ3) is 5.88. The summed E-state index contributed by atoms with van der Waals surface area (Å²) in [6.45, 7) is 1.92. The van der Waals surface area contributed by atoms with Crippen LogP contribution in [0.4, 0.5) is 5.69 Å². The summed E-state index contributed by atoms with van der Waals surface area (Å²) >= 11 is 0. The lowest BCUT2D eigenvalue weighted by Gasteiger charge is -2.15. The van der Waals surface area contributed by atoms with E-state index in [9.17, 15) is 9.59 Å². The van der Waals surface area contributed by atoms with Crippen molar-refractivity contribution >= 4 is 23.6 Å². The molecule has 0 saturated heterocycles. The highest BCUT2D eigenvalue weighted by Gasteiger charge is 2.11. The first-order valence-corrected chi connectivity index (χ1v) is 8.44. The number of rotatable bonds is 7. The molecule has 0 aliphatic heterocycles. The molecule has 142 valence electrons. The number of carbonyl (C=O) groups excluding carboxylic acids is 2. The molecule has 0 bridgehead atoms. The molecule has 0 fully saturated rings. The minimum absolute atomic E-state index is 0.0493. The minimum atomic E-state index is -0.293. The van der Waals surface area contributed by atoms with Crippen LogP contribution in [0.15, 0.2) is 48.5 Å². The number of nitrogens with zero attached hydrogens (tertiary/aromatic N) is 1. The largest absolute Gasteiger partial charge is 0.497 e. The van der Waals surface area contributed by atoms with Gasteiger partial charge in [0.05, 0.1) is 20.8 Å². The van der Waals surface area contributed by atoms with Crippen LogP contribution in [0.3, 0.4) is 0 Å². The maximum absolute atomic E-state index is 12.3. The Hall–Kier alpha value is -3.28. The van der Waals surface area contributed by atoms with Crippen LogP contribution in [0.5, 0.6) is 11.5 Å². The van der Waals surface area contributed by atoms with E-state index in [1.54, 1.807) is 45.5 Å². The zero-order valence-electron chi connectivity index (χ0n) is 16.0. The van der Waals surface area contributed by atoms with Crippen LogP contribution >= 0.6 is 0 Å². The lowest BCUT2D eigenvalue weighted by molar-refractivity contribution is -0.129. The highest BCUT2D eigenvalue weighted by molar-refractivity contribution is 5.98. The molecule has 0 aliphatic rings. The summed E-state index contributed by atoms with van der Waals surface area (Å²) in [4.78, 5) is 25.7. The monoisotopic (exact) mass is 368 g/mol. The lowest BCUT2D eigenvalue weighted by Crippen LogP contribution is -2.33. The predicted molar refractivity (Wildman–Crippen MR) is 106 cm³/mol. The Morgan fingerprint density at radius 2 is 1.78 bits per heavy atom. The van der Waals surface area contributed by atoms with E-state index in [1.165, 1.54) is 11.0 Å². The van der Waals surface area contributed by atoms with Gasteiger partial charge in [0.15, 0.2) is 0 Å². The van der Waals surface area contributed by atoms with E-state index in [4.69, 9.17) is 9.47 Å². The molecule has 0 heterocycles. The molecule has 0 aliphatic carbocycles. The first-order valence-electron chi connectivity index (χ1n) is 8.44. The first kappa shape index (κ1) is 20.0. The molecular formula is C21H24N2O4. The van der Waals surface area contributed by atoms with Crippen molar-refractivity contribution in [3.05, 3.63) is 59.7 Å². The number of aryl methyl sites for hydroxylation is 1. The number of hydrogen-bond donors (Lipinski definition) is 1. The molecule has 0 spiro atoms. The number of hydrogen-bond acceptors (Lipinski definition) is 4. The number of amides is 2. The van der Waals surface area contributed by atoms with Crippen molar-refractivity contribution in [2.24, 2.45) is 0 Å². The highest BCUT2D eigenvalue weighted by Crippen LogP contribution is 2.25. The molecule has 0 radical (unpaired) electrons. The molecule has 0 saturated carbocycles. The number of benzene rings is 2. The van der Waals surface area contributed by atoms with Gasteiger partial charge in [-0.3, -0.25) is 9.59 Å². The Bertz CT molecular complexity index is 829. The van der Waals surface area contributed by atoms with E-state index in [0.29, 0.717) is 22.7 Å². The first-order chi connectivity index (χ1) is 12.9. The van der Waals surface area contributed by atoms with Crippen LogP contribution in [0.2, 0.25) is 0 Å². The number of methoxy groups -OCH3 is 2. The molecular weight excluding hydrogens is 344 g/mol. The summed E-state index contributed by atoms with van der Waals surface area (Å²) in [6.07, 6.45) is 3.04. The van der Waals surface area contributed by atoms with Crippen LogP contribution < -0.4 is 14.8 Å². The van der Waals surface area contributed by atoms with Crippen molar-refractivity contribution in [3.8, 4) is 11.5 Å². The summed E-state index contributed by atoms with van der Waals surface area (Å²) in [7, 11) is 4.70. The molecule has 0 aromatic heterocycles. The third-order valence-electron chi connectivity index (χ3n) is 3.93. The highest BCUT2D eigenvalue weighted by atomic mass is 16.5. The van der Waals surface area contributed by atoms with Gasteiger partial charge in [-0.25, -0.2) is 0 Å². The summed E-state index contributed by atoms with van der Waals surface area (Å²) in [5.74, 6) is 0.731. The summed E-state index contributed by atoms with van der Waals surface area (Å²) in [5.41, 5.74) is 2.52. The summed E-state index contributed by atoms with van der Waals surface area (Å²) < 4.78 is 10.5. The second-order valence-corrected chi connectivity index (χ2v) is 6.05. The zero-order chi connectivity index (χ0) is 19.8. The summed E-state index contributed by atoms with van der Waals surface area (Å²) in [5, 5.41) is 2.77. The Balaban J connectivity index is 1.97. The van der Waals surface area contributed by atoms with E-state index in [1.807, 2.05) is 31.2 Å². The fourth-order valence-corrected chi connectivity index (χ4v) is 2.39. The number of anilines is 1. The molecule has 0 atom stereocenters. The molecule has 6 heteroatoms. The van der Waals surface area contributed by atoms with Crippen LogP contribution in [0, 0.1) is 6.92 Å². The van der Waals surface area contributed by atoms with E-state index < -0.39 is 0 Å². The average Bonchev–Trinajstić information content (AvgIpc) is 2.67. The molecule has 27 heavy (non-hydrogen) atoms. The average molecular weight is 368 g/mol. The molecule has 2 rings (SSSR count). The van der Waals surface area contributed by atoms with Crippen LogP contribution in [-0.2, 0) is 9.59 Å². The number of likely N-dealkylation sites (N-methyl/N-ethyl adjacent to an activating group) is 1. The van der Waals surface area contributed by atoms with Gasteiger partial charge in [-0.05, 0) is 43.3 Å². The van der Waals surface area contributed by atoms with E-state index >= 15 is 0 Å². The van der Waals surface area contributed by atoms with Gasteiger partial charge in [0, 0.05) is 24.4 Å². The van der Waals surface area contributed by atoms with Crippen molar-refractivity contribution in [1.29, 1.82) is 0 Å². The second kappa shape index (κ2) is 9.43. The quantitative estimate of drug-likeness (QED) is 0.763. The topological polar surface area (TPSA) is 67.9 Å². The van der Waals surface area contributed by atoms with Gasteiger partial charge >= 0.3 is 0 Å². The van der Waals surface area contributed by atoms with Gasteiger partial charge in [-0.1, -0.05) is 17.7 Å². The van der Waals surface area contributed by atoms with Gasteiger partial charge in [0.2, 0.25) is 11.8 Å². The number of carbonyl (C=O) groups is 2. The molecule has 2 aromatic carbocycles. The standard InChI is InChI=1S/C21H24N2O4/c1-15-5-8-17(9-6-15)22-20(24)14-23(2)21(25)12-7-16-13-18(26-3)10-11-19(16)27-4/h5-13H,14H2,1-4H3,(H,22,24). The molecule has 1 N–H and O–H groups in total. The SMILES string of the molecule is COc1ccc(OC)c(C=CC(=O)N(C)CC(=O)Nc2ccc(C)cc2)c1. The van der Waals surface area contributed by atoms with E-state index in [-0.39, 0.29) is 18.4 Å². The summed E-state index contributed by atoms with van der Waals surface area (Å²) in [6, 6.07) is 12.8. The Morgan fingerprint density at radius 3 is 2.41 bits per heavy atom. The maximum Gasteiger partial charge on any atom is 0.246 e. The molecule has 6 nitrogen and oxygen atoms in total. The van der Waals surface area contributed by atoms with Crippen molar-refractivity contribution in [3.63, 3.8) is 0 Å². The van der Waals surface area contributed by atoms with Crippen molar-refractivity contribution in [2.45, 2.75) is 6.92 Å². The fourth-order valence-electron chi connectivity index (χ4n) is 2.39. The molecule has 2 aromatic rings. The normalized spacial score (nSPS) is 10.5. The smallest absolute Gasteiger partial charge is 0.246 e. The van der Waals surface area contributed by atoms with Crippen molar-refractivity contribution in [2.75, 3.05) is 33.1 Å². The molecule has 2 amide bonds. The van der Waals surface area contributed by atoms with Gasteiger partial charge in [-0.2, -0.15) is 0 Å². The second-order valence-electron chi connectivity index (χ2n) is 6.05. The Labute approximate surface area is 159 Å². The minimum Gasteiger partial charge on any atom is -0.497 e.